The highest BCUT2D eigenvalue weighted by Crippen LogP contribution is 2.44. The highest BCUT2D eigenvalue weighted by molar-refractivity contribution is 5.93. The minimum Gasteiger partial charge on any atom is -0.480 e. The van der Waals surface area contributed by atoms with Crippen LogP contribution in [-0.2, 0) is 19.1 Å². The molecule has 1 heterocycles. The van der Waals surface area contributed by atoms with Crippen molar-refractivity contribution >= 4 is 18.0 Å². The van der Waals surface area contributed by atoms with Crippen molar-refractivity contribution in [2.45, 2.75) is 36.8 Å². The zero-order valence-electron chi connectivity index (χ0n) is 18.2. The average molecular weight is 450 g/mol. The molecule has 0 spiro atoms. The number of carboxylic acids is 1. The van der Waals surface area contributed by atoms with Crippen LogP contribution in [0.3, 0.4) is 0 Å². The number of ether oxygens (including phenoxy) is 2. The van der Waals surface area contributed by atoms with E-state index in [1.165, 1.54) is 4.90 Å². The van der Waals surface area contributed by atoms with Crippen molar-refractivity contribution in [2.75, 3.05) is 26.4 Å². The van der Waals surface area contributed by atoms with Gasteiger partial charge in [-0.3, -0.25) is 4.79 Å². The molecule has 2 aliphatic carbocycles. The highest BCUT2D eigenvalue weighted by Gasteiger charge is 2.50. The Morgan fingerprint density at radius 1 is 1.06 bits per heavy atom. The van der Waals surface area contributed by atoms with Crippen molar-refractivity contribution in [1.82, 2.24) is 10.2 Å². The second kappa shape index (κ2) is 8.51. The van der Waals surface area contributed by atoms with Crippen LogP contribution in [0.2, 0.25) is 0 Å². The predicted molar refractivity (Wildman–Crippen MR) is 119 cm³/mol. The number of alkyl carbamates (subject to hydrolysis) is 1. The minimum atomic E-state index is -1.12. The number of nitrogens with zero attached hydrogens (tertiary/aromatic N) is 1. The number of fused-ring (bicyclic) bond motifs is 3. The molecule has 2 aromatic rings. The summed E-state index contributed by atoms with van der Waals surface area (Å²) < 4.78 is 10.9. The molecule has 2 aromatic carbocycles. The first-order valence-electron chi connectivity index (χ1n) is 11.2. The van der Waals surface area contributed by atoms with Crippen molar-refractivity contribution in [2.24, 2.45) is 0 Å². The number of nitrogens with one attached hydrogen (secondary N) is 1. The van der Waals surface area contributed by atoms with E-state index in [1.807, 2.05) is 36.4 Å². The standard InChI is InChI=1S/C25H26N2O6/c28-22(29)21-15-32-13-12-27(21)23(30)25(10-5-11-25)26-24(31)33-14-20-18-8-3-1-6-16(18)17-7-2-4-9-19(17)20/h1-4,6-9,20-21H,5,10-15H2,(H,26,31)(H,28,29). The van der Waals surface area contributed by atoms with Gasteiger partial charge in [0.1, 0.15) is 12.1 Å². The zero-order chi connectivity index (χ0) is 23.0. The molecular weight excluding hydrogens is 424 g/mol. The SMILES string of the molecule is O=C(NC1(C(=O)N2CCOCC2C(=O)O)CCC1)OCC1c2ccccc2-c2ccccc21. The van der Waals surface area contributed by atoms with Gasteiger partial charge in [-0.1, -0.05) is 48.5 Å². The van der Waals surface area contributed by atoms with Gasteiger partial charge in [-0.15, -0.1) is 0 Å². The van der Waals surface area contributed by atoms with Gasteiger partial charge in [-0.25, -0.2) is 9.59 Å². The number of rotatable bonds is 5. The molecule has 33 heavy (non-hydrogen) atoms. The maximum atomic E-state index is 13.3. The quantitative estimate of drug-likeness (QED) is 0.726. The maximum Gasteiger partial charge on any atom is 0.408 e. The lowest BCUT2D eigenvalue weighted by Gasteiger charge is -2.45. The van der Waals surface area contributed by atoms with Gasteiger partial charge in [-0.05, 0) is 41.5 Å². The van der Waals surface area contributed by atoms with Crippen LogP contribution < -0.4 is 5.32 Å². The highest BCUT2D eigenvalue weighted by atomic mass is 16.5. The van der Waals surface area contributed by atoms with Crippen molar-refractivity contribution in [3.63, 3.8) is 0 Å². The number of morpholine rings is 1. The molecule has 0 radical (unpaired) electrons. The van der Waals surface area contributed by atoms with E-state index in [4.69, 9.17) is 9.47 Å². The zero-order valence-corrected chi connectivity index (χ0v) is 18.2. The van der Waals surface area contributed by atoms with Crippen LogP contribution in [0.4, 0.5) is 4.79 Å². The molecule has 1 aliphatic heterocycles. The summed E-state index contributed by atoms with van der Waals surface area (Å²) in [7, 11) is 0. The van der Waals surface area contributed by atoms with Gasteiger partial charge in [0.15, 0.2) is 6.04 Å². The van der Waals surface area contributed by atoms with Crippen molar-refractivity contribution < 1.29 is 29.0 Å². The molecule has 0 bridgehead atoms. The third-order valence-electron chi connectivity index (χ3n) is 6.98. The lowest BCUT2D eigenvalue weighted by atomic mass is 9.75. The number of aliphatic carboxylic acids is 1. The summed E-state index contributed by atoms with van der Waals surface area (Å²) >= 11 is 0. The van der Waals surface area contributed by atoms with Gasteiger partial charge in [0.05, 0.1) is 13.2 Å². The molecule has 8 heteroatoms. The fraction of sp³-hybridized carbons (Fsp3) is 0.400. The first-order valence-corrected chi connectivity index (χ1v) is 11.2. The fourth-order valence-electron chi connectivity index (χ4n) is 5.08. The van der Waals surface area contributed by atoms with Crippen LogP contribution in [-0.4, -0.2) is 65.9 Å². The number of carbonyl (C=O) groups excluding carboxylic acids is 2. The van der Waals surface area contributed by atoms with Crippen molar-refractivity contribution in [1.29, 1.82) is 0 Å². The fourth-order valence-corrected chi connectivity index (χ4v) is 5.08. The average Bonchev–Trinajstić information content (AvgIpc) is 3.13. The summed E-state index contributed by atoms with van der Waals surface area (Å²) in [5.41, 5.74) is 3.38. The van der Waals surface area contributed by atoms with E-state index >= 15 is 0 Å². The summed E-state index contributed by atoms with van der Waals surface area (Å²) in [5.74, 6) is -1.57. The minimum absolute atomic E-state index is 0.0535. The Labute approximate surface area is 191 Å². The third-order valence-corrected chi connectivity index (χ3v) is 6.98. The molecule has 172 valence electrons. The Bertz CT molecular complexity index is 1050. The molecule has 0 aromatic heterocycles. The first-order chi connectivity index (χ1) is 16.0. The number of carboxylic acid groups (broad SMARTS) is 1. The molecule has 2 N–H and O–H groups in total. The van der Waals surface area contributed by atoms with Crippen LogP contribution in [0.5, 0.6) is 0 Å². The molecule has 1 atom stereocenters. The molecule has 2 fully saturated rings. The number of carbonyl (C=O) groups is 3. The van der Waals surface area contributed by atoms with Gasteiger partial charge in [0.25, 0.3) is 0 Å². The van der Waals surface area contributed by atoms with E-state index in [0.717, 1.165) is 28.7 Å². The van der Waals surface area contributed by atoms with E-state index in [1.54, 1.807) is 0 Å². The summed E-state index contributed by atoms with van der Waals surface area (Å²) in [6.07, 6.45) is 1.03. The summed E-state index contributed by atoms with van der Waals surface area (Å²) in [6.45, 7) is 0.558. The van der Waals surface area contributed by atoms with E-state index in [2.05, 4.69) is 17.4 Å². The van der Waals surface area contributed by atoms with Crippen LogP contribution in [0.25, 0.3) is 11.1 Å². The van der Waals surface area contributed by atoms with Gasteiger partial charge in [0.2, 0.25) is 5.91 Å². The van der Waals surface area contributed by atoms with E-state index in [-0.39, 0.29) is 38.2 Å². The van der Waals surface area contributed by atoms with Crippen LogP contribution in [0.15, 0.2) is 48.5 Å². The van der Waals surface area contributed by atoms with Crippen LogP contribution >= 0.6 is 0 Å². The molecule has 1 saturated heterocycles. The molecule has 8 nitrogen and oxygen atoms in total. The Morgan fingerprint density at radius 2 is 1.70 bits per heavy atom. The Balaban J connectivity index is 1.28. The second-order valence-corrected chi connectivity index (χ2v) is 8.81. The Hall–Kier alpha value is -3.39. The van der Waals surface area contributed by atoms with E-state index in [0.29, 0.717) is 12.8 Å². The first kappa shape index (κ1) is 21.5. The van der Waals surface area contributed by atoms with Crippen LogP contribution in [0, 0.1) is 0 Å². The smallest absolute Gasteiger partial charge is 0.408 e. The molecule has 5 rings (SSSR count). The second-order valence-electron chi connectivity index (χ2n) is 8.81. The molecule has 3 aliphatic rings. The number of amides is 2. The Kier molecular flexibility index (Phi) is 5.54. The van der Waals surface area contributed by atoms with Gasteiger partial charge in [0, 0.05) is 12.5 Å². The van der Waals surface area contributed by atoms with E-state index < -0.39 is 23.6 Å². The van der Waals surface area contributed by atoms with Gasteiger partial charge < -0.3 is 24.8 Å². The lowest BCUT2D eigenvalue weighted by Crippen LogP contribution is -2.67. The summed E-state index contributed by atoms with van der Waals surface area (Å²) in [5, 5.41) is 12.2. The molecule has 1 saturated carbocycles. The van der Waals surface area contributed by atoms with Crippen molar-refractivity contribution in [3.8, 4) is 11.1 Å². The number of hydrogen-bond donors (Lipinski definition) is 2. The van der Waals surface area contributed by atoms with Gasteiger partial charge >= 0.3 is 12.1 Å². The number of benzene rings is 2. The Morgan fingerprint density at radius 3 is 2.27 bits per heavy atom. The predicted octanol–water partition coefficient (Wildman–Crippen LogP) is 2.76. The summed E-state index contributed by atoms with van der Waals surface area (Å²) in [6, 6.07) is 15.1. The maximum absolute atomic E-state index is 13.3. The normalized spacial score (nSPS) is 20.8. The lowest BCUT2D eigenvalue weighted by molar-refractivity contribution is -0.163. The topological polar surface area (TPSA) is 105 Å². The monoisotopic (exact) mass is 450 g/mol. The van der Waals surface area contributed by atoms with Gasteiger partial charge in [-0.2, -0.15) is 0 Å². The molecule has 1 unspecified atom stereocenters. The van der Waals surface area contributed by atoms with E-state index in [9.17, 15) is 19.5 Å². The molecular formula is C25H26N2O6. The summed E-state index contributed by atoms with van der Waals surface area (Å²) in [4.78, 5) is 39.0. The largest absolute Gasteiger partial charge is 0.480 e. The number of hydrogen-bond acceptors (Lipinski definition) is 5. The third kappa shape index (κ3) is 3.74. The van der Waals surface area contributed by atoms with Crippen LogP contribution in [0.1, 0.15) is 36.3 Å². The van der Waals surface area contributed by atoms with Crippen molar-refractivity contribution in [3.05, 3.63) is 59.7 Å². The molecule has 2 amide bonds.